The molecule has 4 nitrogen and oxygen atoms in total. The molecule has 4 aromatic rings. The van der Waals surface area contributed by atoms with Crippen molar-refractivity contribution in [3.63, 3.8) is 0 Å². The molecule has 118 valence electrons. The molecule has 0 fully saturated rings. The molecule has 2 heterocycles. The second-order valence-corrected chi connectivity index (χ2v) is 5.94. The van der Waals surface area contributed by atoms with E-state index >= 15 is 0 Å². The van der Waals surface area contributed by atoms with Crippen LogP contribution in [0.4, 0.5) is 0 Å². The van der Waals surface area contributed by atoms with E-state index in [1.807, 2.05) is 36.5 Å². The zero-order valence-electron chi connectivity index (χ0n) is 13.1. The maximum Gasteiger partial charge on any atom is 0.166 e. The largest absolute Gasteiger partial charge is 0.360 e. The van der Waals surface area contributed by atoms with Crippen molar-refractivity contribution in [2.45, 2.75) is 12.8 Å². The van der Waals surface area contributed by atoms with Crippen LogP contribution >= 0.6 is 11.6 Å². The number of benzene rings is 2. The molecule has 4 rings (SSSR count). The Morgan fingerprint density at radius 3 is 2.54 bits per heavy atom. The number of hydrogen-bond acceptors (Lipinski definition) is 3. The summed E-state index contributed by atoms with van der Waals surface area (Å²) in [7, 11) is 0. The Kier molecular flexibility index (Phi) is 3.75. The first-order valence-corrected chi connectivity index (χ1v) is 8.23. The number of hydrogen-bond donors (Lipinski definition) is 1. The Morgan fingerprint density at radius 2 is 1.75 bits per heavy atom. The molecule has 2 aromatic heterocycles. The normalized spacial score (nSPS) is 11.1. The van der Waals surface area contributed by atoms with Gasteiger partial charge < -0.3 is 4.98 Å². The van der Waals surface area contributed by atoms with Crippen molar-refractivity contribution in [1.29, 1.82) is 0 Å². The Labute approximate surface area is 144 Å². The maximum absolute atomic E-state index is 5.92. The molecule has 0 atom stereocenters. The molecule has 2 aromatic carbocycles. The number of aromatic amines is 1. The molecular formula is C19H15ClN4. The first-order valence-electron chi connectivity index (χ1n) is 7.69. The van der Waals surface area contributed by atoms with Gasteiger partial charge in [-0.15, -0.1) is 21.8 Å². The van der Waals surface area contributed by atoms with Gasteiger partial charge in [0, 0.05) is 28.2 Å². The highest BCUT2D eigenvalue weighted by Crippen LogP contribution is 2.33. The molecule has 0 radical (unpaired) electrons. The van der Waals surface area contributed by atoms with Crippen LogP contribution in [0, 0.1) is 6.92 Å². The van der Waals surface area contributed by atoms with Crippen LogP contribution < -0.4 is 0 Å². The molecule has 0 aliphatic carbocycles. The fourth-order valence-corrected chi connectivity index (χ4v) is 2.89. The molecule has 0 saturated carbocycles. The Balaban J connectivity index is 1.97. The predicted molar refractivity (Wildman–Crippen MR) is 96.8 cm³/mol. The Hall–Kier alpha value is -2.72. The lowest BCUT2D eigenvalue weighted by Crippen LogP contribution is -2.01. The molecule has 0 aliphatic rings. The first-order chi connectivity index (χ1) is 11.8. The van der Waals surface area contributed by atoms with Crippen molar-refractivity contribution in [3.05, 3.63) is 66.1 Å². The van der Waals surface area contributed by atoms with Crippen LogP contribution in [-0.2, 0) is 5.88 Å². The van der Waals surface area contributed by atoms with E-state index in [0.29, 0.717) is 5.82 Å². The van der Waals surface area contributed by atoms with Gasteiger partial charge in [-0.25, -0.2) is 4.98 Å². The van der Waals surface area contributed by atoms with Crippen molar-refractivity contribution in [1.82, 2.24) is 20.2 Å². The summed E-state index contributed by atoms with van der Waals surface area (Å²) in [5.74, 6) is 0.754. The quantitative estimate of drug-likeness (QED) is 0.551. The molecule has 0 saturated heterocycles. The molecule has 1 N–H and O–H groups in total. The molecule has 0 amide bonds. The third kappa shape index (κ3) is 2.55. The van der Waals surface area contributed by atoms with Crippen LogP contribution in [0.1, 0.15) is 11.4 Å². The van der Waals surface area contributed by atoms with Crippen LogP contribution in [-0.4, -0.2) is 20.2 Å². The van der Waals surface area contributed by atoms with Crippen molar-refractivity contribution in [2.75, 3.05) is 0 Å². The number of H-pyrrole nitrogens is 1. The van der Waals surface area contributed by atoms with Crippen molar-refractivity contribution in [2.24, 2.45) is 0 Å². The first kappa shape index (κ1) is 14.8. The molecular weight excluding hydrogens is 320 g/mol. The van der Waals surface area contributed by atoms with Gasteiger partial charge in [-0.3, -0.25) is 0 Å². The van der Waals surface area contributed by atoms with Gasteiger partial charge in [0.05, 0.1) is 5.88 Å². The second-order valence-electron chi connectivity index (χ2n) is 5.67. The van der Waals surface area contributed by atoms with Crippen LogP contribution in [0.2, 0.25) is 0 Å². The van der Waals surface area contributed by atoms with E-state index in [2.05, 4.69) is 45.3 Å². The Bertz CT molecular complexity index is 1010. The summed E-state index contributed by atoms with van der Waals surface area (Å²) in [5.41, 5.74) is 5.80. The molecule has 5 heteroatoms. The van der Waals surface area contributed by atoms with Gasteiger partial charge in [0.1, 0.15) is 11.4 Å². The highest BCUT2D eigenvalue weighted by molar-refractivity contribution is 6.16. The number of rotatable bonds is 3. The summed E-state index contributed by atoms with van der Waals surface area (Å²) in [6.07, 6.45) is 1.96. The number of halogens is 1. The zero-order chi connectivity index (χ0) is 16.5. The van der Waals surface area contributed by atoms with Crippen molar-refractivity contribution < 1.29 is 0 Å². The van der Waals surface area contributed by atoms with E-state index in [4.69, 9.17) is 11.6 Å². The highest BCUT2D eigenvalue weighted by Gasteiger charge is 2.16. The minimum atomic E-state index is 0.233. The van der Waals surface area contributed by atoms with Gasteiger partial charge in [-0.1, -0.05) is 48.0 Å². The Morgan fingerprint density at radius 1 is 0.958 bits per heavy atom. The van der Waals surface area contributed by atoms with Crippen LogP contribution in [0.25, 0.3) is 33.4 Å². The number of aromatic nitrogens is 4. The lowest BCUT2D eigenvalue weighted by atomic mass is 10.0. The fourth-order valence-electron chi connectivity index (χ4n) is 2.78. The number of alkyl halides is 1. The average molecular weight is 335 g/mol. The topological polar surface area (TPSA) is 54.5 Å². The molecule has 0 bridgehead atoms. The number of aryl methyl sites for hydroxylation is 1. The van der Waals surface area contributed by atoms with E-state index in [-0.39, 0.29) is 5.88 Å². The van der Waals surface area contributed by atoms with E-state index in [9.17, 15) is 0 Å². The summed E-state index contributed by atoms with van der Waals surface area (Å²) < 4.78 is 0. The third-order valence-electron chi connectivity index (χ3n) is 4.02. The van der Waals surface area contributed by atoms with Crippen LogP contribution in [0.5, 0.6) is 0 Å². The SMILES string of the molecule is Cc1ccc(-c2nnc(CCl)nc2-c2c[nH]c3ccccc23)cc1. The summed E-state index contributed by atoms with van der Waals surface area (Å²) in [4.78, 5) is 7.95. The lowest BCUT2D eigenvalue weighted by molar-refractivity contribution is 0.906. The highest BCUT2D eigenvalue weighted by atomic mass is 35.5. The van der Waals surface area contributed by atoms with Gasteiger partial charge in [0.25, 0.3) is 0 Å². The third-order valence-corrected chi connectivity index (χ3v) is 4.26. The van der Waals surface area contributed by atoms with E-state index in [0.717, 1.165) is 33.4 Å². The van der Waals surface area contributed by atoms with Crippen molar-refractivity contribution >= 4 is 22.5 Å². The molecule has 24 heavy (non-hydrogen) atoms. The molecule has 0 unspecified atom stereocenters. The maximum atomic E-state index is 5.92. The summed E-state index contributed by atoms with van der Waals surface area (Å²) in [6, 6.07) is 16.3. The van der Waals surface area contributed by atoms with E-state index in [1.165, 1.54) is 5.56 Å². The summed E-state index contributed by atoms with van der Waals surface area (Å²) in [6.45, 7) is 2.06. The standard InChI is InChI=1S/C19H15ClN4/c1-12-6-8-13(9-7-12)18-19(22-17(10-20)23-24-18)15-11-21-16-5-3-2-4-14(15)16/h2-9,11,21H,10H2,1H3. The monoisotopic (exact) mass is 334 g/mol. The van der Waals surface area contributed by atoms with Gasteiger partial charge in [0.2, 0.25) is 0 Å². The molecule has 0 aliphatic heterocycles. The molecule has 0 spiro atoms. The minimum Gasteiger partial charge on any atom is -0.360 e. The number of fused-ring (bicyclic) bond motifs is 1. The van der Waals surface area contributed by atoms with Gasteiger partial charge >= 0.3 is 0 Å². The predicted octanol–water partition coefficient (Wildman–Crippen LogP) is 4.73. The van der Waals surface area contributed by atoms with E-state index in [1.54, 1.807) is 0 Å². The smallest absolute Gasteiger partial charge is 0.166 e. The number of nitrogens with zero attached hydrogens (tertiary/aromatic N) is 3. The number of nitrogens with one attached hydrogen (secondary N) is 1. The average Bonchev–Trinajstić information content (AvgIpc) is 3.06. The zero-order valence-corrected chi connectivity index (χ0v) is 13.9. The van der Waals surface area contributed by atoms with Gasteiger partial charge in [-0.05, 0) is 13.0 Å². The van der Waals surface area contributed by atoms with Crippen LogP contribution in [0.3, 0.4) is 0 Å². The number of para-hydroxylation sites is 1. The van der Waals surface area contributed by atoms with E-state index < -0.39 is 0 Å². The van der Waals surface area contributed by atoms with Crippen molar-refractivity contribution in [3.8, 4) is 22.5 Å². The summed E-state index contributed by atoms with van der Waals surface area (Å²) in [5, 5.41) is 9.65. The van der Waals surface area contributed by atoms with Gasteiger partial charge in [-0.2, -0.15) is 0 Å². The lowest BCUT2D eigenvalue weighted by Gasteiger charge is -2.08. The summed E-state index contributed by atoms with van der Waals surface area (Å²) >= 11 is 5.92. The minimum absolute atomic E-state index is 0.233. The second kappa shape index (κ2) is 6.06. The van der Waals surface area contributed by atoms with Crippen LogP contribution in [0.15, 0.2) is 54.7 Å². The fraction of sp³-hybridized carbons (Fsp3) is 0.105. The van der Waals surface area contributed by atoms with Gasteiger partial charge in [0.15, 0.2) is 5.82 Å².